The Morgan fingerprint density at radius 1 is 0.547 bits per heavy atom. The topological polar surface area (TPSA) is 82.1 Å². The van der Waals surface area contributed by atoms with E-state index in [0.29, 0.717) is 13.2 Å². The maximum atomic E-state index is 13.2. The van der Waals surface area contributed by atoms with Crippen LogP contribution in [0.1, 0.15) is 221 Å². The molecule has 0 atom stereocenters. The predicted octanol–water partition coefficient (Wildman–Crippen LogP) is 12.6. The summed E-state index contributed by atoms with van der Waals surface area (Å²) in [6.07, 6.45) is 30.6. The lowest BCUT2D eigenvalue weighted by atomic mass is 9.86. The number of carbonyl (C=O) groups excluding carboxylic acids is 3. The van der Waals surface area contributed by atoms with Gasteiger partial charge in [-0.3, -0.25) is 14.4 Å². The van der Waals surface area contributed by atoms with E-state index in [1.165, 1.54) is 77.0 Å². The summed E-state index contributed by atoms with van der Waals surface area (Å²) in [6.45, 7) is 15.5. The molecule has 0 radical (unpaired) electrons. The number of unbranched alkanes of at least 4 members (excludes halogenated alkanes) is 18. The van der Waals surface area contributed by atoms with Crippen LogP contribution in [-0.4, -0.2) is 62.3 Å². The van der Waals surface area contributed by atoms with Gasteiger partial charge in [0.15, 0.2) is 0 Å². The molecule has 312 valence electrons. The second-order valence-electron chi connectivity index (χ2n) is 17.8. The molecule has 0 aromatic carbocycles. The predicted molar refractivity (Wildman–Crippen MR) is 221 cm³/mol. The molecule has 0 bridgehead atoms. The van der Waals surface area contributed by atoms with Crippen LogP contribution in [-0.2, 0) is 28.6 Å². The van der Waals surface area contributed by atoms with Crippen LogP contribution in [0.4, 0.5) is 0 Å². The van der Waals surface area contributed by atoms with E-state index in [0.717, 1.165) is 116 Å². The molecule has 0 amide bonds. The molecule has 1 aliphatic rings. The van der Waals surface area contributed by atoms with Gasteiger partial charge in [0.05, 0.1) is 30.0 Å². The first-order valence-corrected chi connectivity index (χ1v) is 22.7. The molecule has 0 aromatic heterocycles. The number of rotatable bonds is 34. The van der Waals surface area contributed by atoms with Gasteiger partial charge in [-0.2, -0.15) is 0 Å². The summed E-state index contributed by atoms with van der Waals surface area (Å²) in [5, 5.41) is 0. The van der Waals surface area contributed by atoms with E-state index in [9.17, 15) is 14.4 Å². The standard InChI is InChI=1S/C46H87NO6/c1-8-10-12-14-16-18-20-28-38-51-43(49)45(3,4)34-26-22-24-30-41(53-42(48)40-32-36-47(7)37-33-40)31-25-23-27-35-46(5,6)44(50)52-39-29-21-19-17-15-13-11-9-2/h40-41H,8-39H2,1-7H3. The van der Waals surface area contributed by atoms with Crippen LogP contribution >= 0.6 is 0 Å². The molecule has 7 heteroatoms. The Morgan fingerprint density at radius 3 is 1.30 bits per heavy atom. The first-order valence-electron chi connectivity index (χ1n) is 22.7. The Labute approximate surface area is 328 Å². The highest BCUT2D eigenvalue weighted by molar-refractivity contribution is 5.76. The van der Waals surface area contributed by atoms with Crippen LogP contribution in [0.15, 0.2) is 0 Å². The molecule has 0 aromatic rings. The summed E-state index contributed by atoms with van der Waals surface area (Å²) in [5.74, 6) is -0.177. The Hall–Kier alpha value is -1.63. The SMILES string of the molecule is CCCCCCCCCCOC(=O)C(C)(C)CCCCCC(CCCCCC(C)(C)C(=O)OCCCCCCCCCC)OC(=O)C1CCN(C)CC1. The third-order valence-electron chi connectivity index (χ3n) is 11.6. The Morgan fingerprint density at radius 2 is 0.906 bits per heavy atom. The van der Waals surface area contributed by atoms with Crippen LogP contribution in [0.2, 0.25) is 0 Å². The normalized spacial score (nSPS) is 14.5. The van der Waals surface area contributed by atoms with Crippen LogP contribution in [0, 0.1) is 16.7 Å². The Balaban J connectivity index is 2.40. The van der Waals surface area contributed by atoms with Gasteiger partial charge in [-0.1, -0.05) is 129 Å². The van der Waals surface area contributed by atoms with Crippen molar-refractivity contribution in [2.45, 2.75) is 227 Å². The zero-order valence-electron chi connectivity index (χ0n) is 36.2. The first-order chi connectivity index (χ1) is 25.4. The number of esters is 3. The van der Waals surface area contributed by atoms with E-state index < -0.39 is 10.8 Å². The Kier molecular flexibility index (Phi) is 28.5. The molecule has 0 N–H and O–H groups in total. The minimum Gasteiger partial charge on any atom is -0.465 e. The molecule has 53 heavy (non-hydrogen) atoms. The van der Waals surface area contributed by atoms with Crippen molar-refractivity contribution in [1.82, 2.24) is 4.90 Å². The van der Waals surface area contributed by atoms with Crippen molar-refractivity contribution in [3.05, 3.63) is 0 Å². The summed E-state index contributed by atoms with van der Waals surface area (Å²) in [5.41, 5.74) is -0.957. The quantitative estimate of drug-likeness (QED) is 0.0368. The van der Waals surface area contributed by atoms with Gasteiger partial charge in [-0.05, 0) is 112 Å². The molecule has 0 spiro atoms. The van der Waals surface area contributed by atoms with Crippen molar-refractivity contribution in [3.63, 3.8) is 0 Å². The summed E-state index contributed by atoms with van der Waals surface area (Å²) in [6, 6.07) is 0. The van der Waals surface area contributed by atoms with Crippen LogP contribution < -0.4 is 0 Å². The maximum absolute atomic E-state index is 13.2. The second kappa shape index (κ2) is 30.6. The smallest absolute Gasteiger partial charge is 0.311 e. The van der Waals surface area contributed by atoms with Crippen LogP contribution in [0.5, 0.6) is 0 Å². The molecule has 1 fully saturated rings. The number of piperidine rings is 1. The molecular formula is C46H87NO6. The summed E-state index contributed by atoms with van der Waals surface area (Å²) in [7, 11) is 2.11. The highest BCUT2D eigenvalue weighted by Crippen LogP contribution is 2.29. The van der Waals surface area contributed by atoms with Gasteiger partial charge in [0, 0.05) is 0 Å². The monoisotopic (exact) mass is 750 g/mol. The number of carbonyl (C=O) groups is 3. The summed E-state index contributed by atoms with van der Waals surface area (Å²) >= 11 is 0. The van der Waals surface area contributed by atoms with E-state index in [2.05, 4.69) is 25.8 Å². The zero-order chi connectivity index (χ0) is 39.2. The highest BCUT2D eigenvalue weighted by atomic mass is 16.5. The van der Waals surface area contributed by atoms with E-state index in [1.54, 1.807) is 0 Å². The van der Waals surface area contributed by atoms with Crippen molar-refractivity contribution >= 4 is 17.9 Å². The zero-order valence-corrected chi connectivity index (χ0v) is 36.2. The average Bonchev–Trinajstić information content (AvgIpc) is 3.12. The number of ether oxygens (including phenoxy) is 3. The fourth-order valence-corrected chi connectivity index (χ4v) is 7.39. The molecule has 7 nitrogen and oxygen atoms in total. The molecule has 0 saturated carbocycles. The van der Waals surface area contributed by atoms with E-state index in [-0.39, 0.29) is 29.9 Å². The largest absolute Gasteiger partial charge is 0.465 e. The average molecular weight is 750 g/mol. The number of likely N-dealkylation sites (tertiary alicyclic amines) is 1. The minimum atomic E-state index is -0.478. The molecule has 1 rings (SSSR count). The first kappa shape index (κ1) is 49.4. The van der Waals surface area contributed by atoms with Gasteiger partial charge in [-0.15, -0.1) is 0 Å². The van der Waals surface area contributed by atoms with Crippen molar-refractivity contribution in [2.24, 2.45) is 16.7 Å². The number of hydrogen-bond donors (Lipinski definition) is 0. The van der Waals surface area contributed by atoms with Gasteiger partial charge in [0.25, 0.3) is 0 Å². The fraction of sp³-hybridized carbons (Fsp3) is 0.935. The van der Waals surface area contributed by atoms with Crippen molar-refractivity contribution in [2.75, 3.05) is 33.4 Å². The van der Waals surface area contributed by atoms with Crippen LogP contribution in [0.3, 0.4) is 0 Å². The summed E-state index contributed by atoms with van der Waals surface area (Å²) in [4.78, 5) is 41.1. The summed E-state index contributed by atoms with van der Waals surface area (Å²) < 4.78 is 17.5. The van der Waals surface area contributed by atoms with Gasteiger partial charge >= 0.3 is 17.9 Å². The minimum absolute atomic E-state index is 0.00362. The lowest BCUT2D eigenvalue weighted by molar-refractivity contribution is -0.157. The van der Waals surface area contributed by atoms with Gasteiger partial charge in [0.2, 0.25) is 0 Å². The van der Waals surface area contributed by atoms with Crippen molar-refractivity contribution < 1.29 is 28.6 Å². The third kappa shape index (κ3) is 25.2. The van der Waals surface area contributed by atoms with Gasteiger partial charge < -0.3 is 19.1 Å². The third-order valence-corrected chi connectivity index (χ3v) is 11.6. The number of hydrogen-bond acceptors (Lipinski definition) is 7. The van der Waals surface area contributed by atoms with Crippen LogP contribution in [0.25, 0.3) is 0 Å². The van der Waals surface area contributed by atoms with Crippen molar-refractivity contribution in [1.29, 1.82) is 0 Å². The van der Waals surface area contributed by atoms with E-state index in [1.807, 2.05) is 27.7 Å². The maximum Gasteiger partial charge on any atom is 0.311 e. The second-order valence-corrected chi connectivity index (χ2v) is 17.8. The number of nitrogens with zero attached hydrogens (tertiary/aromatic N) is 1. The fourth-order valence-electron chi connectivity index (χ4n) is 7.39. The highest BCUT2D eigenvalue weighted by Gasteiger charge is 2.30. The lowest BCUT2D eigenvalue weighted by Gasteiger charge is -2.29. The lowest BCUT2D eigenvalue weighted by Crippen LogP contribution is -2.35. The molecule has 1 aliphatic heterocycles. The molecular weight excluding hydrogens is 663 g/mol. The van der Waals surface area contributed by atoms with Gasteiger partial charge in [0.1, 0.15) is 6.10 Å². The van der Waals surface area contributed by atoms with Crippen molar-refractivity contribution in [3.8, 4) is 0 Å². The molecule has 0 aliphatic carbocycles. The van der Waals surface area contributed by atoms with E-state index >= 15 is 0 Å². The van der Waals surface area contributed by atoms with Gasteiger partial charge in [-0.25, -0.2) is 0 Å². The Bertz CT molecular complexity index is 869. The molecule has 1 heterocycles. The molecule has 0 unspecified atom stereocenters. The van der Waals surface area contributed by atoms with E-state index in [4.69, 9.17) is 14.2 Å². The molecule has 1 saturated heterocycles.